The smallest absolute Gasteiger partial charge is 0.258 e. The molecule has 0 spiro atoms. The maximum absolute atomic E-state index is 13.0. The molecule has 0 aliphatic carbocycles. The Balaban J connectivity index is 1.76. The second kappa shape index (κ2) is 8.75. The van der Waals surface area contributed by atoms with Gasteiger partial charge < -0.3 is 20.3 Å². The Kier molecular flexibility index (Phi) is 6.16. The third kappa shape index (κ3) is 4.43. The Bertz CT molecular complexity index is 885. The minimum absolute atomic E-state index is 0.157. The lowest BCUT2D eigenvalue weighted by Gasteiger charge is -2.35. The van der Waals surface area contributed by atoms with Crippen molar-refractivity contribution in [3.05, 3.63) is 59.1 Å². The van der Waals surface area contributed by atoms with E-state index in [2.05, 4.69) is 10.6 Å². The number of amides is 3. The van der Waals surface area contributed by atoms with Crippen LogP contribution >= 0.6 is 11.6 Å². The Morgan fingerprint density at radius 3 is 2.64 bits per heavy atom. The van der Waals surface area contributed by atoms with Gasteiger partial charge in [0.2, 0.25) is 11.8 Å². The molecule has 1 saturated heterocycles. The lowest BCUT2D eigenvalue weighted by Crippen LogP contribution is -2.58. The molecule has 0 saturated carbocycles. The summed E-state index contributed by atoms with van der Waals surface area (Å²) in [6.07, 6.45) is -0.157. The number of hydrogen-bond acceptors (Lipinski definition) is 4. The van der Waals surface area contributed by atoms with Gasteiger partial charge in [0.05, 0.1) is 19.1 Å². The predicted molar refractivity (Wildman–Crippen MR) is 106 cm³/mol. The first kappa shape index (κ1) is 19.7. The molecule has 0 aromatic heterocycles. The molecule has 1 fully saturated rings. The van der Waals surface area contributed by atoms with E-state index in [4.69, 9.17) is 16.3 Å². The molecule has 3 amide bonds. The largest absolute Gasteiger partial charge is 0.496 e. The molecule has 2 aromatic carbocycles. The van der Waals surface area contributed by atoms with E-state index in [-0.39, 0.29) is 24.1 Å². The van der Waals surface area contributed by atoms with E-state index in [1.807, 2.05) is 0 Å². The van der Waals surface area contributed by atoms with Crippen LogP contribution in [0.5, 0.6) is 5.75 Å². The van der Waals surface area contributed by atoms with Crippen molar-refractivity contribution in [2.75, 3.05) is 25.5 Å². The van der Waals surface area contributed by atoms with Gasteiger partial charge in [0.25, 0.3) is 5.91 Å². The van der Waals surface area contributed by atoms with Crippen molar-refractivity contribution >= 4 is 35.0 Å². The molecular weight excluding hydrogens is 382 g/mol. The van der Waals surface area contributed by atoms with E-state index >= 15 is 0 Å². The Morgan fingerprint density at radius 1 is 1.21 bits per heavy atom. The van der Waals surface area contributed by atoms with Crippen molar-refractivity contribution in [1.82, 2.24) is 10.2 Å². The number of carbonyl (C=O) groups excluding carboxylic acids is 3. The minimum atomic E-state index is -0.904. The fourth-order valence-electron chi connectivity index (χ4n) is 3.06. The number of piperazine rings is 1. The van der Waals surface area contributed by atoms with Gasteiger partial charge in [-0.3, -0.25) is 14.4 Å². The molecule has 7 nitrogen and oxygen atoms in total. The van der Waals surface area contributed by atoms with Crippen LogP contribution < -0.4 is 15.4 Å². The molecule has 8 heteroatoms. The second-order valence-electron chi connectivity index (χ2n) is 6.26. The zero-order chi connectivity index (χ0) is 20.1. The number of hydrogen-bond donors (Lipinski definition) is 2. The topological polar surface area (TPSA) is 87.7 Å². The molecule has 3 rings (SSSR count). The summed E-state index contributed by atoms with van der Waals surface area (Å²) in [5.74, 6) is -0.664. The third-order valence-electron chi connectivity index (χ3n) is 4.44. The molecule has 28 heavy (non-hydrogen) atoms. The first-order valence-corrected chi connectivity index (χ1v) is 9.14. The van der Waals surface area contributed by atoms with Crippen molar-refractivity contribution in [3.8, 4) is 5.75 Å². The number of carbonyl (C=O) groups is 3. The molecule has 1 atom stereocenters. The molecule has 146 valence electrons. The van der Waals surface area contributed by atoms with Gasteiger partial charge in [-0.1, -0.05) is 23.7 Å². The number of anilines is 1. The van der Waals surface area contributed by atoms with Crippen molar-refractivity contribution in [1.29, 1.82) is 0 Å². The van der Waals surface area contributed by atoms with Gasteiger partial charge >= 0.3 is 0 Å². The van der Waals surface area contributed by atoms with Crippen LogP contribution in [0.15, 0.2) is 48.5 Å². The summed E-state index contributed by atoms with van der Waals surface area (Å²) < 4.78 is 5.25. The Morgan fingerprint density at radius 2 is 1.93 bits per heavy atom. The van der Waals surface area contributed by atoms with Crippen LogP contribution in [0.1, 0.15) is 16.8 Å². The molecule has 0 radical (unpaired) electrons. The Labute approximate surface area is 167 Å². The monoisotopic (exact) mass is 401 g/mol. The highest BCUT2D eigenvalue weighted by atomic mass is 35.5. The summed E-state index contributed by atoms with van der Waals surface area (Å²) in [4.78, 5) is 39.3. The van der Waals surface area contributed by atoms with E-state index in [9.17, 15) is 14.4 Å². The van der Waals surface area contributed by atoms with Crippen LogP contribution in [0, 0.1) is 0 Å². The highest BCUT2D eigenvalue weighted by Gasteiger charge is 2.35. The zero-order valence-corrected chi connectivity index (χ0v) is 16.0. The summed E-state index contributed by atoms with van der Waals surface area (Å²) in [5.41, 5.74) is 0.913. The quantitative estimate of drug-likeness (QED) is 0.804. The van der Waals surface area contributed by atoms with Crippen molar-refractivity contribution in [2.45, 2.75) is 12.5 Å². The van der Waals surface area contributed by atoms with Gasteiger partial charge in [-0.05, 0) is 36.4 Å². The first-order valence-electron chi connectivity index (χ1n) is 8.76. The summed E-state index contributed by atoms with van der Waals surface area (Å²) in [7, 11) is 1.48. The maximum Gasteiger partial charge on any atom is 0.258 e. The van der Waals surface area contributed by atoms with Gasteiger partial charge in [0.1, 0.15) is 11.8 Å². The van der Waals surface area contributed by atoms with Crippen LogP contribution in [0.2, 0.25) is 5.02 Å². The number of ether oxygens (including phenoxy) is 1. The number of benzene rings is 2. The number of halogens is 1. The molecule has 1 aliphatic heterocycles. The van der Waals surface area contributed by atoms with Crippen LogP contribution in [0.3, 0.4) is 0 Å². The average molecular weight is 402 g/mol. The lowest BCUT2D eigenvalue weighted by molar-refractivity contribution is -0.131. The summed E-state index contributed by atoms with van der Waals surface area (Å²) >= 11 is 5.84. The standard InChI is InChI=1S/C20H20ClN3O4/c1-28-17-5-3-2-4-15(17)20(27)24-11-10-22-19(26)16(24)12-18(25)23-14-8-6-13(21)7-9-14/h2-9,16H,10-12H2,1H3,(H,22,26)(H,23,25)/t16-/m0/s1. The van der Waals surface area contributed by atoms with Crippen LogP contribution in [-0.4, -0.2) is 48.9 Å². The number of nitrogens with one attached hydrogen (secondary N) is 2. The minimum Gasteiger partial charge on any atom is -0.496 e. The van der Waals surface area contributed by atoms with Crippen LogP contribution in [0.4, 0.5) is 5.69 Å². The summed E-state index contributed by atoms with van der Waals surface area (Å²) in [6, 6.07) is 12.5. The zero-order valence-electron chi connectivity index (χ0n) is 15.3. The van der Waals surface area contributed by atoms with Crippen LogP contribution in [-0.2, 0) is 9.59 Å². The molecule has 2 aromatic rings. The first-order chi connectivity index (χ1) is 13.5. The van der Waals surface area contributed by atoms with Crippen molar-refractivity contribution in [3.63, 3.8) is 0 Å². The summed E-state index contributed by atoms with van der Waals surface area (Å²) in [5, 5.41) is 5.98. The van der Waals surface area contributed by atoms with E-state index in [0.717, 1.165) is 0 Å². The van der Waals surface area contributed by atoms with E-state index in [1.165, 1.54) is 12.0 Å². The molecule has 0 unspecified atom stereocenters. The molecule has 2 N–H and O–H groups in total. The molecule has 1 aliphatic rings. The highest BCUT2D eigenvalue weighted by Crippen LogP contribution is 2.22. The van der Waals surface area contributed by atoms with Gasteiger partial charge in [0, 0.05) is 23.8 Å². The van der Waals surface area contributed by atoms with Crippen LogP contribution in [0.25, 0.3) is 0 Å². The van der Waals surface area contributed by atoms with Gasteiger partial charge in [0.15, 0.2) is 0 Å². The predicted octanol–water partition coefficient (Wildman–Crippen LogP) is 2.32. The normalized spacial score (nSPS) is 16.3. The van der Waals surface area contributed by atoms with E-state index in [1.54, 1.807) is 48.5 Å². The van der Waals surface area contributed by atoms with Crippen molar-refractivity contribution in [2.24, 2.45) is 0 Å². The maximum atomic E-state index is 13.0. The molecular formula is C20H20ClN3O4. The molecule has 0 bridgehead atoms. The lowest BCUT2D eigenvalue weighted by atomic mass is 10.1. The third-order valence-corrected chi connectivity index (χ3v) is 4.69. The number of para-hydroxylation sites is 1. The Hall–Kier alpha value is -3.06. The van der Waals surface area contributed by atoms with E-state index in [0.29, 0.717) is 35.1 Å². The van der Waals surface area contributed by atoms with E-state index < -0.39 is 6.04 Å². The number of rotatable bonds is 5. The van der Waals surface area contributed by atoms with Gasteiger partial charge in [-0.2, -0.15) is 0 Å². The number of nitrogens with zero attached hydrogens (tertiary/aromatic N) is 1. The number of methoxy groups -OCH3 is 1. The van der Waals surface area contributed by atoms with Crippen molar-refractivity contribution < 1.29 is 19.1 Å². The average Bonchev–Trinajstić information content (AvgIpc) is 2.70. The van der Waals surface area contributed by atoms with Gasteiger partial charge in [-0.25, -0.2) is 0 Å². The summed E-state index contributed by atoms with van der Waals surface area (Å²) in [6.45, 7) is 0.635. The fraction of sp³-hybridized carbons (Fsp3) is 0.250. The molecule has 1 heterocycles. The second-order valence-corrected chi connectivity index (χ2v) is 6.70. The van der Waals surface area contributed by atoms with Gasteiger partial charge in [-0.15, -0.1) is 0 Å². The SMILES string of the molecule is COc1ccccc1C(=O)N1CCNC(=O)[C@@H]1CC(=O)Nc1ccc(Cl)cc1. The highest BCUT2D eigenvalue weighted by molar-refractivity contribution is 6.30. The fourth-order valence-corrected chi connectivity index (χ4v) is 3.18.